The van der Waals surface area contributed by atoms with Crippen LogP contribution in [0.5, 0.6) is 11.5 Å². The fourth-order valence-corrected chi connectivity index (χ4v) is 4.43. The second kappa shape index (κ2) is 10.4. The molecule has 0 saturated carbocycles. The molecule has 1 aliphatic rings. The van der Waals surface area contributed by atoms with Gasteiger partial charge < -0.3 is 19.1 Å². The summed E-state index contributed by atoms with van der Waals surface area (Å²) in [5.41, 5.74) is 4.73. The maximum atomic E-state index is 10.6. The van der Waals surface area contributed by atoms with Gasteiger partial charge in [-0.3, -0.25) is 4.90 Å². The van der Waals surface area contributed by atoms with Gasteiger partial charge in [-0.15, -0.1) is 0 Å². The molecule has 6 nitrogen and oxygen atoms in total. The van der Waals surface area contributed by atoms with Crippen LogP contribution in [0.25, 0.3) is 0 Å². The van der Waals surface area contributed by atoms with E-state index in [2.05, 4.69) is 66.4 Å². The van der Waals surface area contributed by atoms with Crippen LogP contribution in [0.3, 0.4) is 0 Å². The number of rotatable bonds is 9. The van der Waals surface area contributed by atoms with Gasteiger partial charge in [0, 0.05) is 38.4 Å². The molecule has 1 aromatic heterocycles. The van der Waals surface area contributed by atoms with E-state index in [1.165, 1.54) is 16.7 Å². The average molecular weight is 450 g/mol. The molecule has 2 atom stereocenters. The number of benzene rings is 2. The molecule has 1 saturated heterocycles. The topological polar surface area (TPSA) is 59.8 Å². The van der Waals surface area contributed by atoms with E-state index < -0.39 is 6.10 Å². The van der Waals surface area contributed by atoms with Crippen LogP contribution < -0.4 is 9.47 Å². The Bertz CT molecular complexity index is 1060. The van der Waals surface area contributed by atoms with E-state index in [9.17, 15) is 5.11 Å². The zero-order valence-corrected chi connectivity index (χ0v) is 20.1. The van der Waals surface area contributed by atoms with E-state index in [0.29, 0.717) is 19.7 Å². The molecular weight excluding hydrogens is 414 g/mol. The average Bonchev–Trinajstić information content (AvgIpc) is 3.38. The van der Waals surface area contributed by atoms with Gasteiger partial charge in [-0.05, 0) is 61.2 Å². The quantitative estimate of drug-likeness (QED) is 0.534. The normalized spacial score (nSPS) is 18.6. The monoisotopic (exact) mass is 449 g/mol. The van der Waals surface area contributed by atoms with Crippen LogP contribution in [-0.4, -0.2) is 51.5 Å². The van der Waals surface area contributed by atoms with Crippen molar-refractivity contribution in [3.63, 3.8) is 0 Å². The van der Waals surface area contributed by atoms with Crippen LogP contribution >= 0.6 is 0 Å². The van der Waals surface area contributed by atoms with Crippen molar-refractivity contribution in [1.29, 1.82) is 0 Å². The van der Waals surface area contributed by atoms with E-state index in [0.717, 1.165) is 42.4 Å². The van der Waals surface area contributed by atoms with E-state index in [1.54, 1.807) is 0 Å². The molecule has 1 aliphatic heterocycles. The lowest BCUT2D eigenvalue weighted by Gasteiger charge is -2.20. The maximum absolute atomic E-state index is 10.6. The number of hydrogen-bond donors (Lipinski definition) is 1. The van der Waals surface area contributed by atoms with Crippen molar-refractivity contribution >= 4 is 0 Å². The molecule has 6 heteroatoms. The molecule has 0 spiro atoms. The molecule has 4 rings (SSSR count). The zero-order valence-electron chi connectivity index (χ0n) is 20.1. The van der Waals surface area contributed by atoms with Gasteiger partial charge in [0.15, 0.2) is 0 Å². The second-order valence-corrected chi connectivity index (χ2v) is 9.01. The standard InChI is InChI=1S/C27H35N3O3/c1-5-27-28-10-11-30(27)12-13-32-23-8-6-22(7-9-23)16-29-17-24(31)26(18-29)33-25-15-19(2)14-20(3)21(25)4/h6-11,14-15,24,26,31H,5,12-13,16-18H2,1-4H3/t24-,26-/m0/s1. The molecule has 176 valence electrons. The maximum Gasteiger partial charge on any atom is 0.138 e. The van der Waals surface area contributed by atoms with Crippen LogP contribution in [0.1, 0.15) is 35.0 Å². The minimum atomic E-state index is -0.496. The fraction of sp³-hybridized carbons (Fsp3) is 0.444. The number of aliphatic hydroxyl groups is 1. The highest BCUT2D eigenvalue weighted by atomic mass is 16.5. The summed E-state index contributed by atoms with van der Waals surface area (Å²) in [6.45, 7) is 11.8. The van der Waals surface area contributed by atoms with Crippen LogP contribution in [0, 0.1) is 20.8 Å². The first-order valence-corrected chi connectivity index (χ1v) is 11.8. The Hall–Kier alpha value is -2.83. The van der Waals surface area contributed by atoms with E-state index in [-0.39, 0.29) is 6.10 Å². The largest absolute Gasteiger partial charge is 0.492 e. The number of imidazole rings is 1. The summed E-state index contributed by atoms with van der Waals surface area (Å²) in [5, 5.41) is 10.6. The number of nitrogens with zero attached hydrogens (tertiary/aromatic N) is 3. The van der Waals surface area contributed by atoms with Crippen molar-refractivity contribution in [3.05, 3.63) is 76.9 Å². The molecule has 2 heterocycles. The summed E-state index contributed by atoms with van der Waals surface area (Å²) >= 11 is 0. The Morgan fingerprint density at radius 3 is 2.64 bits per heavy atom. The Kier molecular flexibility index (Phi) is 7.36. The van der Waals surface area contributed by atoms with Crippen molar-refractivity contribution in [1.82, 2.24) is 14.5 Å². The lowest BCUT2D eigenvalue weighted by molar-refractivity contribution is 0.0731. The molecule has 1 N–H and O–H groups in total. The summed E-state index contributed by atoms with van der Waals surface area (Å²) in [4.78, 5) is 6.59. The minimum absolute atomic E-state index is 0.219. The number of β-amino-alcohol motifs (C(OH)–C–C–N with tert-alkyl or cyclic N) is 1. The van der Waals surface area contributed by atoms with Crippen LogP contribution in [0.4, 0.5) is 0 Å². The Morgan fingerprint density at radius 1 is 1.09 bits per heavy atom. The lowest BCUT2D eigenvalue weighted by Crippen LogP contribution is -2.30. The van der Waals surface area contributed by atoms with Crippen LogP contribution in [-0.2, 0) is 19.5 Å². The summed E-state index contributed by atoms with van der Waals surface area (Å²) in [7, 11) is 0. The van der Waals surface area contributed by atoms with Gasteiger partial charge in [0.25, 0.3) is 0 Å². The highest BCUT2D eigenvalue weighted by Gasteiger charge is 2.33. The van der Waals surface area contributed by atoms with E-state index in [4.69, 9.17) is 9.47 Å². The Labute approximate surface area is 196 Å². The second-order valence-electron chi connectivity index (χ2n) is 9.01. The Balaban J connectivity index is 1.28. The predicted molar refractivity (Wildman–Crippen MR) is 130 cm³/mol. The highest BCUT2D eigenvalue weighted by molar-refractivity contribution is 5.42. The molecule has 0 bridgehead atoms. The third-order valence-corrected chi connectivity index (χ3v) is 6.40. The first-order valence-electron chi connectivity index (χ1n) is 11.8. The van der Waals surface area contributed by atoms with Gasteiger partial charge >= 0.3 is 0 Å². The molecule has 3 aromatic rings. The van der Waals surface area contributed by atoms with Gasteiger partial charge in [-0.25, -0.2) is 4.98 Å². The predicted octanol–water partition coefficient (Wildman–Crippen LogP) is 4.07. The Morgan fingerprint density at radius 2 is 1.88 bits per heavy atom. The van der Waals surface area contributed by atoms with Gasteiger partial charge in [0.1, 0.15) is 36.1 Å². The molecule has 1 fully saturated rings. The first-order chi connectivity index (χ1) is 15.9. The molecule has 0 radical (unpaired) electrons. The van der Waals surface area contributed by atoms with Crippen LogP contribution in [0.15, 0.2) is 48.8 Å². The first kappa shape index (κ1) is 23.3. The van der Waals surface area contributed by atoms with Gasteiger partial charge in [-0.1, -0.05) is 25.1 Å². The molecule has 0 aliphatic carbocycles. The van der Waals surface area contributed by atoms with Crippen molar-refractivity contribution in [2.24, 2.45) is 0 Å². The molecule has 33 heavy (non-hydrogen) atoms. The van der Waals surface area contributed by atoms with Gasteiger partial charge in [0.2, 0.25) is 0 Å². The van der Waals surface area contributed by atoms with Crippen molar-refractivity contribution in [2.45, 2.75) is 59.4 Å². The van der Waals surface area contributed by atoms with Crippen LogP contribution in [0.2, 0.25) is 0 Å². The summed E-state index contributed by atoms with van der Waals surface area (Å²) in [5.74, 6) is 2.82. The number of likely N-dealkylation sites (tertiary alicyclic amines) is 1. The third kappa shape index (κ3) is 5.75. The van der Waals surface area contributed by atoms with E-state index in [1.807, 2.05) is 24.5 Å². The number of hydrogen-bond acceptors (Lipinski definition) is 5. The van der Waals surface area contributed by atoms with Gasteiger partial charge in [-0.2, -0.15) is 0 Å². The van der Waals surface area contributed by atoms with Crippen molar-refractivity contribution in [2.75, 3.05) is 19.7 Å². The van der Waals surface area contributed by atoms with E-state index >= 15 is 0 Å². The molecule has 0 amide bonds. The van der Waals surface area contributed by atoms with Crippen molar-refractivity contribution < 1.29 is 14.6 Å². The smallest absolute Gasteiger partial charge is 0.138 e. The number of ether oxygens (including phenoxy) is 2. The number of aromatic nitrogens is 2. The summed E-state index contributed by atoms with van der Waals surface area (Å²) < 4.78 is 14.3. The number of aryl methyl sites for hydroxylation is 3. The zero-order chi connectivity index (χ0) is 23.4. The number of aliphatic hydroxyl groups excluding tert-OH is 1. The minimum Gasteiger partial charge on any atom is -0.492 e. The molecule has 0 unspecified atom stereocenters. The molecule has 2 aromatic carbocycles. The summed E-state index contributed by atoms with van der Waals surface area (Å²) in [6, 6.07) is 12.4. The lowest BCUT2D eigenvalue weighted by atomic mass is 10.1. The third-order valence-electron chi connectivity index (χ3n) is 6.40. The SMILES string of the molecule is CCc1nccn1CCOc1ccc(CN2C[C@H](Oc3cc(C)cc(C)c3C)[C@@H](O)C2)cc1. The highest BCUT2D eigenvalue weighted by Crippen LogP contribution is 2.27. The fourth-order valence-electron chi connectivity index (χ4n) is 4.43. The summed E-state index contributed by atoms with van der Waals surface area (Å²) in [6.07, 6.45) is 4.03. The molecular formula is C27H35N3O3. The van der Waals surface area contributed by atoms with Gasteiger partial charge in [0.05, 0.1) is 6.54 Å². The van der Waals surface area contributed by atoms with Crippen molar-refractivity contribution in [3.8, 4) is 11.5 Å².